The third-order valence-electron chi connectivity index (χ3n) is 14.3. The number of nitrogens with zero attached hydrogens (tertiary/aromatic N) is 2. The van der Waals surface area contributed by atoms with Gasteiger partial charge in [-0.25, -0.2) is 35.9 Å². The van der Waals surface area contributed by atoms with Crippen LogP contribution in [-0.4, -0.2) is 177 Å². The molecular weight excluding hydrogens is 1180 g/mol. The maximum Gasteiger partial charge on any atom is 0.319 e. The lowest BCUT2D eigenvalue weighted by Crippen LogP contribution is -2.42. The van der Waals surface area contributed by atoms with E-state index in [9.17, 15) is 26.4 Å². The van der Waals surface area contributed by atoms with Gasteiger partial charge < -0.3 is 59.5 Å². The average molecular weight is 1260 g/mol. The Hall–Kier alpha value is -3.92. The Kier molecular flexibility index (Phi) is 26.5. The largest absolute Gasteiger partial charge is 0.378 e. The standard InChI is InChI=1S/C56H76Cl4N8O12S2/c1-67-35-49(47-31-41(57)33-53(59)51(47)37-67)39-5-3-7-45(29-39)81(71,72)63-15-19-77-23-27-79-25-21-75-17-13-61-55(69)65-43-9-11-44(12-10-43)66-56(70)62-14-18-76-22-26-80-28-24-78-20-16-64-82(73,74)46-8-4-6-40(30-46)50-36-68(2)38-52-48(50)32-42(58)34-54(52)60/h3,5,7,9-12,29,31-34,40,46,49-50,63-64H,4,6,8,13-28,30,35-38H2,1-2H3,(H2,61,65,69)(H2,62,66,70)/t40?,46?,49-,50-/m0/s1. The van der Waals surface area contributed by atoms with Crippen LogP contribution in [0.3, 0.4) is 0 Å². The van der Waals surface area contributed by atoms with Crippen molar-refractivity contribution in [2.75, 3.05) is 143 Å². The smallest absolute Gasteiger partial charge is 0.319 e. The normalized spacial score (nSPS) is 18.6. The fourth-order valence-electron chi connectivity index (χ4n) is 10.4. The van der Waals surface area contributed by atoms with Crippen LogP contribution in [0.2, 0.25) is 20.1 Å². The van der Waals surface area contributed by atoms with Crippen molar-refractivity contribution in [1.29, 1.82) is 0 Å². The topological polar surface area (TPSA) is 236 Å². The number of hydrogen-bond acceptors (Lipinski definition) is 14. The lowest BCUT2D eigenvalue weighted by molar-refractivity contribution is 0.0165. The number of carbonyl (C=O) groups is 2. The summed E-state index contributed by atoms with van der Waals surface area (Å²) < 4.78 is 91.6. The van der Waals surface area contributed by atoms with Gasteiger partial charge in [-0.3, -0.25) is 0 Å². The number of benzene rings is 4. The second-order valence-corrected chi connectivity index (χ2v) is 25.9. The van der Waals surface area contributed by atoms with E-state index in [1.165, 1.54) is 0 Å². The summed E-state index contributed by atoms with van der Waals surface area (Å²) in [6.07, 6.45) is 3.02. The summed E-state index contributed by atoms with van der Waals surface area (Å²) in [7, 11) is -3.25. The molecule has 1 fully saturated rings. The van der Waals surface area contributed by atoms with Gasteiger partial charge in [0.2, 0.25) is 20.0 Å². The molecule has 4 aromatic rings. The highest BCUT2D eigenvalue weighted by molar-refractivity contribution is 7.90. The lowest BCUT2D eigenvalue weighted by atomic mass is 9.74. The van der Waals surface area contributed by atoms with Crippen LogP contribution in [-0.2, 0) is 61.6 Å². The van der Waals surface area contributed by atoms with Crippen LogP contribution in [0.25, 0.3) is 0 Å². The molecule has 20 nitrogen and oxygen atoms in total. The summed E-state index contributed by atoms with van der Waals surface area (Å²) in [4.78, 5) is 29.3. The monoisotopic (exact) mass is 1260 g/mol. The lowest BCUT2D eigenvalue weighted by Gasteiger charge is -2.40. The molecule has 4 amide bonds. The quantitative estimate of drug-likeness (QED) is 0.0255. The number of hydrogen-bond donors (Lipinski definition) is 6. The number of urea groups is 2. The zero-order valence-electron chi connectivity index (χ0n) is 46.3. The Bertz CT molecular complexity index is 2940. The third-order valence-corrected chi connectivity index (χ3v) is 18.8. The van der Waals surface area contributed by atoms with E-state index < -0.39 is 37.4 Å². The van der Waals surface area contributed by atoms with Crippen LogP contribution in [0.15, 0.2) is 77.7 Å². The number of rotatable bonds is 32. The number of carbonyl (C=O) groups excluding carboxylic acids is 2. The molecule has 26 heteroatoms. The molecule has 4 aromatic carbocycles. The Balaban J connectivity index is 0.630. The van der Waals surface area contributed by atoms with Crippen LogP contribution >= 0.6 is 46.4 Å². The Morgan fingerprint density at radius 1 is 0.561 bits per heavy atom. The summed E-state index contributed by atoms with van der Waals surface area (Å²) in [6, 6.07) is 20.1. The van der Waals surface area contributed by atoms with Gasteiger partial charge in [-0.15, -0.1) is 0 Å². The first-order chi connectivity index (χ1) is 39.5. The van der Waals surface area contributed by atoms with Crippen molar-refractivity contribution in [2.24, 2.45) is 5.92 Å². The zero-order chi connectivity index (χ0) is 58.5. The van der Waals surface area contributed by atoms with E-state index >= 15 is 0 Å². The van der Waals surface area contributed by atoms with Crippen molar-refractivity contribution in [3.8, 4) is 0 Å². The number of likely N-dealkylation sites (N-methyl/N-ethyl adjacent to an activating group) is 2. The first kappa shape index (κ1) is 65.6. The molecule has 2 aliphatic heterocycles. The number of nitrogens with one attached hydrogen (secondary N) is 6. The second kappa shape index (κ2) is 33.1. The van der Waals surface area contributed by atoms with Gasteiger partial charge in [0.25, 0.3) is 0 Å². The Morgan fingerprint density at radius 3 is 1.59 bits per heavy atom. The summed E-state index contributed by atoms with van der Waals surface area (Å²) in [5.41, 5.74) is 6.12. The van der Waals surface area contributed by atoms with E-state index in [-0.39, 0.29) is 81.9 Å². The molecule has 0 spiro atoms. The minimum absolute atomic E-state index is 0.0868. The molecule has 6 N–H and O–H groups in total. The minimum atomic E-state index is -3.79. The summed E-state index contributed by atoms with van der Waals surface area (Å²) in [5, 5.41) is 12.8. The summed E-state index contributed by atoms with van der Waals surface area (Å²) in [6.45, 7) is 7.12. The molecule has 4 atom stereocenters. The molecule has 0 saturated heterocycles. The van der Waals surface area contributed by atoms with E-state index in [1.807, 2.05) is 25.2 Å². The first-order valence-corrected chi connectivity index (χ1v) is 32.1. The Morgan fingerprint density at radius 2 is 1.04 bits per heavy atom. The molecule has 1 aliphatic carbocycles. The fraction of sp³-hybridized carbons (Fsp3) is 0.536. The number of ether oxygens (including phenoxy) is 6. The molecule has 452 valence electrons. The number of sulfonamides is 2. The highest BCUT2D eigenvalue weighted by Crippen LogP contribution is 2.44. The molecule has 82 heavy (non-hydrogen) atoms. The molecule has 0 aromatic heterocycles. The highest BCUT2D eigenvalue weighted by atomic mass is 35.5. The van der Waals surface area contributed by atoms with Crippen LogP contribution in [0.1, 0.15) is 65.3 Å². The second-order valence-electron chi connectivity index (χ2n) is 20.4. The molecule has 2 heterocycles. The van der Waals surface area contributed by atoms with E-state index in [1.54, 1.807) is 54.6 Å². The first-order valence-electron chi connectivity index (χ1n) is 27.5. The van der Waals surface area contributed by atoms with Crippen LogP contribution < -0.4 is 30.7 Å². The van der Waals surface area contributed by atoms with Gasteiger partial charge in [0.15, 0.2) is 0 Å². The van der Waals surface area contributed by atoms with Crippen molar-refractivity contribution >= 4 is 89.9 Å². The predicted octanol–water partition coefficient (Wildman–Crippen LogP) is 7.91. The fourth-order valence-corrected chi connectivity index (χ4v) is 14.2. The number of halogens is 4. The molecule has 2 unspecified atom stereocenters. The van der Waals surface area contributed by atoms with Crippen molar-refractivity contribution in [2.45, 2.75) is 60.8 Å². The molecule has 0 bridgehead atoms. The third kappa shape index (κ3) is 20.7. The summed E-state index contributed by atoms with van der Waals surface area (Å²) >= 11 is 25.8. The number of amides is 4. The molecule has 3 aliphatic rings. The SMILES string of the molecule is CN1Cc2c(Cl)cc(Cl)cc2[C@H](c2cccc(S(=O)(=O)NCCOCCOCCOCCNC(=O)Nc3ccc(NC(=O)NCCOCCOCCOCCNS(=O)(=O)C4CCCC([C@@H]5CN(C)Cc6c(Cl)cc(Cl)cc65)C4)cc3)c2)C1. The molecule has 1 saturated carbocycles. The predicted molar refractivity (Wildman–Crippen MR) is 320 cm³/mol. The van der Waals surface area contributed by atoms with Crippen molar-refractivity contribution in [3.63, 3.8) is 0 Å². The van der Waals surface area contributed by atoms with Crippen molar-refractivity contribution < 1.29 is 54.8 Å². The molecule has 7 rings (SSSR count). The van der Waals surface area contributed by atoms with Gasteiger partial charge >= 0.3 is 12.1 Å². The van der Waals surface area contributed by atoms with E-state index in [0.29, 0.717) is 104 Å². The van der Waals surface area contributed by atoms with Gasteiger partial charge in [0, 0.05) is 89.7 Å². The van der Waals surface area contributed by atoms with E-state index in [4.69, 9.17) is 74.8 Å². The maximum atomic E-state index is 13.3. The number of fused-ring (bicyclic) bond motifs is 2. The summed E-state index contributed by atoms with van der Waals surface area (Å²) in [5.74, 6) is 0.289. The van der Waals surface area contributed by atoms with Crippen LogP contribution in [0.4, 0.5) is 21.0 Å². The zero-order valence-corrected chi connectivity index (χ0v) is 51.0. The highest BCUT2D eigenvalue weighted by Gasteiger charge is 2.38. The van der Waals surface area contributed by atoms with Gasteiger partial charge in [0.1, 0.15) is 0 Å². The Labute approximate surface area is 502 Å². The minimum Gasteiger partial charge on any atom is -0.378 e. The van der Waals surface area contributed by atoms with Crippen molar-refractivity contribution in [1.82, 2.24) is 29.9 Å². The number of anilines is 2. The van der Waals surface area contributed by atoms with E-state index in [0.717, 1.165) is 53.7 Å². The maximum absolute atomic E-state index is 13.3. The van der Waals surface area contributed by atoms with E-state index in [2.05, 4.69) is 47.6 Å². The van der Waals surface area contributed by atoms with Crippen LogP contribution in [0.5, 0.6) is 0 Å². The van der Waals surface area contributed by atoms with Gasteiger partial charge in [-0.05, 0) is 134 Å². The average Bonchev–Trinajstić information content (AvgIpc) is 3.58. The van der Waals surface area contributed by atoms with Gasteiger partial charge in [-0.2, -0.15) is 0 Å². The van der Waals surface area contributed by atoms with Crippen LogP contribution in [0, 0.1) is 5.92 Å². The van der Waals surface area contributed by atoms with Gasteiger partial charge in [-0.1, -0.05) is 65.0 Å². The van der Waals surface area contributed by atoms with Crippen molar-refractivity contribution in [3.05, 3.63) is 121 Å². The molecular formula is C56H76Cl4N8O12S2. The molecule has 0 radical (unpaired) electrons. The van der Waals surface area contributed by atoms with Gasteiger partial charge in [0.05, 0.1) is 89.4 Å².